The minimum absolute atomic E-state index is 0.0446. The predicted molar refractivity (Wildman–Crippen MR) is 76.1 cm³/mol. The zero-order valence-electron chi connectivity index (χ0n) is 11.6. The Morgan fingerprint density at radius 2 is 2.00 bits per heavy atom. The van der Waals surface area contributed by atoms with E-state index in [0.717, 1.165) is 16.5 Å². The topological polar surface area (TPSA) is 56.3 Å². The van der Waals surface area contributed by atoms with Gasteiger partial charge in [-0.3, -0.25) is 9.69 Å². The number of hydrogen-bond acceptors (Lipinski definition) is 2. The Morgan fingerprint density at radius 1 is 1.32 bits per heavy atom. The lowest BCUT2D eigenvalue weighted by molar-refractivity contribution is -0.139. The molecule has 2 aromatic rings. The van der Waals surface area contributed by atoms with Crippen molar-refractivity contribution < 1.29 is 9.90 Å². The Morgan fingerprint density at radius 3 is 2.63 bits per heavy atom. The number of hydrogen-bond donors (Lipinski definition) is 2. The summed E-state index contributed by atoms with van der Waals surface area (Å²) in [6, 6.07) is 8.07. The van der Waals surface area contributed by atoms with Crippen molar-refractivity contribution in [3.05, 3.63) is 36.0 Å². The van der Waals surface area contributed by atoms with E-state index in [4.69, 9.17) is 5.11 Å². The quantitative estimate of drug-likeness (QED) is 0.888. The highest BCUT2D eigenvalue weighted by molar-refractivity contribution is 5.83. The van der Waals surface area contributed by atoms with E-state index in [0.29, 0.717) is 6.54 Å². The molecule has 2 rings (SSSR count). The number of aromatic nitrogens is 1. The van der Waals surface area contributed by atoms with E-state index in [1.54, 1.807) is 0 Å². The maximum Gasteiger partial charge on any atom is 0.317 e. The fraction of sp³-hybridized carbons (Fsp3) is 0.400. The van der Waals surface area contributed by atoms with E-state index in [9.17, 15) is 4.79 Å². The summed E-state index contributed by atoms with van der Waals surface area (Å²) in [6.45, 7) is 6.77. The second kappa shape index (κ2) is 5.05. The van der Waals surface area contributed by atoms with Crippen molar-refractivity contribution >= 4 is 16.9 Å². The van der Waals surface area contributed by atoms with Gasteiger partial charge < -0.3 is 10.1 Å². The van der Waals surface area contributed by atoms with Crippen molar-refractivity contribution in [3.8, 4) is 0 Å². The molecule has 0 fully saturated rings. The molecule has 0 aliphatic heterocycles. The first kappa shape index (κ1) is 13.6. The lowest BCUT2D eigenvalue weighted by Gasteiger charge is -2.34. The maximum atomic E-state index is 11.0. The van der Waals surface area contributed by atoms with Gasteiger partial charge in [-0.05, 0) is 32.4 Å². The number of H-pyrrole nitrogens is 1. The number of nitrogens with zero attached hydrogens (tertiary/aromatic N) is 1. The highest BCUT2D eigenvalue weighted by Gasteiger charge is 2.24. The van der Waals surface area contributed by atoms with E-state index in [1.807, 2.05) is 50.1 Å². The number of carboxylic acid groups (broad SMARTS) is 1. The molecule has 1 aromatic carbocycles. The lowest BCUT2D eigenvalue weighted by atomic mass is 10.0. The number of carboxylic acids is 1. The largest absolute Gasteiger partial charge is 0.480 e. The molecule has 0 bridgehead atoms. The molecule has 1 aromatic heterocycles. The molecular weight excluding hydrogens is 240 g/mol. The van der Waals surface area contributed by atoms with Crippen molar-refractivity contribution in [2.24, 2.45) is 0 Å². The van der Waals surface area contributed by atoms with Crippen LogP contribution in [-0.4, -0.2) is 33.0 Å². The number of aromatic amines is 1. The molecule has 0 aliphatic carbocycles. The molecule has 0 amide bonds. The number of rotatable bonds is 4. The Bertz CT molecular complexity index is 581. The Hall–Kier alpha value is -1.81. The third-order valence-electron chi connectivity index (χ3n) is 3.31. The first-order chi connectivity index (χ1) is 8.88. The molecule has 19 heavy (non-hydrogen) atoms. The van der Waals surface area contributed by atoms with Crippen molar-refractivity contribution in [1.82, 2.24) is 9.88 Å². The number of para-hydroxylation sites is 1. The van der Waals surface area contributed by atoms with Gasteiger partial charge in [0.05, 0.1) is 6.54 Å². The number of nitrogens with one attached hydrogen (secondary N) is 1. The number of benzene rings is 1. The van der Waals surface area contributed by atoms with E-state index in [1.165, 1.54) is 0 Å². The summed E-state index contributed by atoms with van der Waals surface area (Å²) >= 11 is 0. The first-order valence-corrected chi connectivity index (χ1v) is 6.40. The second-order valence-corrected chi connectivity index (χ2v) is 5.78. The normalized spacial score (nSPS) is 12.2. The Labute approximate surface area is 113 Å². The maximum absolute atomic E-state index is 11.0. The molecule has 0 spiro atoms. The van der Waals surface area contributed by atoms with Gasteiger partial charge in [0.25, 0.3) is 0 Å². The van der Waals surface area contributed by atoms with Crippen LogP contribution in [0, 0.1) is 0 Å². The molecule has 0 atom stereocenters. The molecule has 0 unspecified atom stereocenters. The van der Waals surface area contributed by atoms with Crippen LogP contribution in [0.1, 0.15) is 26.3 Å². The molecular formula is C15H20N2O2. The van der Waals surface area contributed by atoms with Crippen LogP contribution in [-0.2, 0) is 11.3 Å². The van der Waals surface area contributed by atoms with Crippen LogP contribution in [0.25, 0.3) is 10.9 Å². The van der Waals surface area contributed by atoms with Gasteiger partial charge in [-0.15, -0.1) is 0 Å². The summed E-state index contributed by atoms with van der Waals surface area (Å²) in [5.74, 6) is -0.797. The summed E-state index contributed by atoms with van der Waals surface area (Å²) in [4.78, 5) is 16.2. The van der Waals surface area contributed by atoms with Crippen LogP contribution in [0.3, 0.4) is 0 Å². The van der Waals surface area contributed by atoms with Gasteiger partial charge in [0.1, 0.15) is 0 Å². The van der Waals surface area contributed by atoms with Crippen LogP contribution in [0.15, 0.2) is 30.5 Å². The van der Waals surface area contributed by atoms with Crippen LogP contribution in [0.4, 0.5) is 0 Å². The highest BCUT2D eigenvalue weighted by Crippen LogP contribution is 2.23. The van der Waals surface area contributed by atoms with E-state index in [-0.39, 0.29) is 12.1 Å². The van der Waals surface area contributed by atoms with Gasteiger partial charge >= 0.3 is 5.97 Å². The van der Waals surface area contributed by atoms with E-state index in [2.05, 4.69) is 11.1 Å². The summed E-state index contributed by atoms with van der Waals surface area (Å²) in [6.07, 6.45) is 1.96. The summed E-state index contributed by atoms with van der Waals surface area (Å²) < 4.78 is 0. The van der Waals surface area contributed by atoms with Crippen LogP contribution in [0.2, 0.25) is 0 Å². The summed E-state index contributed by atoms with van der Waals surface area (Å²) in [5.41, 5.74) is 2.03. The van der Waals surface area contributed by atoms with Crippen molar-refractivity contribution in [2.75, 3.05) is 6.54 Å². The number of aliphatic carboxylic acids is 1. The third-order valence-corrected chi connectivity index (χ3v) is 3.31. The van der Waals surface area contributed by atoms with Gasteiger partial charge in [-0.25, -0.2) is 0 Å². The minimum atomic E-state index is -0.797. The average Bonchev–Trinajstić information content (AvgIpc) is 2.70. The molecule has 0 aliphatic rings. The van der Waals surface area contributed by atoms with Crippen molar-refractivity contribution in [1.29, 1.82) is 0 Å². The Balaban J connectivity index is 2.28. The fourth-order valence-corrected chi connectivity index (χ4v) is 2.16. The zero-order chi connectivity index (χ0) is 14.0. The zero-order valence-corrected chi connectivity index (χ0v) is 11.6. The molecule has 1 heterocycles. The molecule has 102 valence electrons. The standard InChI is InChI=1S/C15H20N2O2/c1-15(2,3)17(10-14(18)19)9-11-8-16-13-7-5-4-6-12(11)13/h4-8,16H,9-10H2,1-3H3,(H,18,19). The predicted octanol–water partition coefficient (Wildman–Crippen LogP) is 2.85. The van der Waals surface area contributed by atoms with Crippen molar-refractivity contribution in [3.63, 3.8) is 0 Å². The SMILES string of the molecule is CC(C)(C)N(CC(=O)O)Cc1c[nH]c2ccccc12. The van der Waals surface area contributed by atoms with Gasteiger partial charge in [0.2, 0.25) is 0 Å². The van der Waals surface area contributed by atoms with Crippen LogP contribution < -0.4 is 0 Å². The van der Waals surface area contributed by atoms with Crippen LogP contribution in [0.5, 0.6) is 0 Å². The van der Waals surface area contributed by atoms with Gasteiger partial charge in [-0.1, -0.05) is 18.2 Å². The molecule has 2 N–H and O–H groups in total. The third kappa shape index (κ3) is 3.15. The Kier molecular flexibility index (Phi) is 3.62. The molecule has 4 nitrogen and oxygen atoms in total. The van der Waals surface area contributed by atoms with Gasteiger partial charge in [0.15, 0.2) is 0 Å². The van der Waals surface area contributed by atoms with Crippen LogP contribution >= 0.6 is 0 Å². The monoisotopic (exact) mass is 260 g/mol. The first-order valence-electron chi connectivity index (χ1n) is 6.40. The molecule has 4 heteroatoms. The minimum Gasteiger partial charge on any atom is -0.480 e. The van der Waals surface area contributed by atoms with Gasteiger partial charge in [0, 0.05) is 29.2 Å². The smallest absolute Gasteiger partial charge is 0.317 e. The van der Waals surface area contributed by atoms with E-state index >= 15 is 0 Å². The molecule has 0 saturated carbocycles. The lowest BCUT2D eigenvalue weighted by Crippen LogP contribution is -2.43. The highest BCUT2D eigenvalue weighted by atomic mass is 16.4. The second-order valence-electron chi connectivity index (χ2n) is 5.78. The molecule has 0 radical (unpaired) electrons. The fourth-order valence-electron chi connectivity index (χ4n) is 2.16. The summed E-state index contributed by atoms with van der Waals surface area (Å²) in [5, 5.41) is 10.2. The summed E-state index contributed by atoms with van der Waals surface area (Å²) in [7, 11) is 0. The number of fused-ring (bicyclic) bond motifs is 1. The number of carbonyl (C=O) groups is 1. The van der Waals surface area contributed by atoms with E-state index < -0.39 is 5.97 Å². The van der Waals surface area contributed by atoms with Crippen molar-refractivity contribution in [2.45, 2.75) is 32.9 Å². The van der Waals surface area contributed by atoms with Gasteiger partial charge in [-0.2, -0.15) is 0 Å². The average molecular weight is 260 g/mol. The molecule has 0 saturated heterocycles.